The number of rotatable bonds is 5. The number of hydrogen-bond donors (Lipinski definition) is 0. The zero-order valence-corrected chi connectivity index (χ0v) is 22.7. The lowest BCUT2D eigenvalue weighted by molar-refractivity contribution is 0.0745. The highest BCUT2D eigenvalue weighted by Gasteiger charge is 2.27. The Morgan fingerprint density at radius 1 is 0.821 bits per heavy atom. The quantitative estimate of drug-likeness (QED) is 0.479. The molecule has 0 unspecified atom stereocenters. The number of nitriles is 2. The summed E-state index contributed by atoms with van der Waals surface area (Å²) in [6.45, 7) is 8.44. The SMILES string of the molecule is Cc1nc(C)c(C(=O)N2CCN(c3ccccc3C#N)CC2)cc1CC1CCN(c2ccccc2C#N)CC1. The minimum atomic E-state index is 0.0393. The number of anilines is 2. The van der Waals surface area contributed by atoms with Gasteiger partial charge in [-0.05, 0) is 74.9 Å². The number of hydrogen-bond acceptors (Lipinski definition) is 6. The molecule has 198 valence electrons. The Balaban J connectivity index is 1.23. The summed E-state index contributed by atoms with van der Waals surface area (Å²) >= 11 is 0. The fourth-order valence-corrected chi connectivity index (χ4v) is 5.89. The van der Waals surface area contributed by atoms with E-state index in [1.54, 1.807) is 0 Å². The molecule has 1 aromatic heterocycles. The Morgan fingerprint density at radius 2 is 1.36 bits per heavy atom. The minimum absolute atomic E-state index is 0.0393. The van der Waals surface area contributed by atoms with Crippen LogP contribution in [0.1, 0.15) is 51.3 Å². The summed E-state index contributed by atoms with van der Waals surface area (Å²) in [4.78, 5) is 24.8. The Labute approximate surface area is 230 Å². The normalized spacial score (nSPS) is 16.1. The van der Waals surface area contributed by atoms with E-state index in [0.29, 0.717) is 43.2 Å². The first-order valence-corrected chi connectivity index (χ1v) is 13.7. The number of piperidine rings is 1. The maximum absolute atomic E-state index is 13.6. The molecule has 7 nitrogen and oxygen atoms in total. The lowest BCUT2D eigenvalue weighted by Crippen LogP contribution is -2.49. The highest BCUT2D eigenvalue weighted by molar-refractivity contribution is 5.95. The maximum atomic E-state index is 13.6. The molecule has 39 heavy (non-hydrogen) atoms. The van der Waals surface area contributed by atoms with Gasteiger partial charge >= 0.3 is 0 Å². The van der Waals surface area contributed by atoms with Gasteiger partial charge in [-0.3, -0.25) is 9.78 Å². The van der Waals surface area contributed by atoms with E-state index in [4.69, 9.17) is 4.98 Å². The van der Waals surface area contributed by atoms with Gasteiger partial charge in [0.25, 0.3) is 5.91 Å². The fourth-order valence-electron chi connectivity index (χ4n) is 5.89. The van der Waals surface area contributed by atoms with Crippen molar-refractivity contribution in [3.8, 4) is 12.1 Å². The molecule has 2 aromatic carbocycles. The molecule has 0 N–H and O–H groups in total. The lowest BCUT2D eigenvalue weighted by Gasteiger charge is -2.36. The second kappa shape index (κ2) is 11.6. The molecule has 0 radical (unpaired) electrons. The van der Waals surface area contributed by atoms with Gasteiger partial charge in [-0.15, -0.1) is 0 Å². The molecule has 7 heteroatoms. The van der Waals surface area contributed by atoms with E-state index < -0.39 is 0 Å². The fraction of sp³-hybridized carbons (Fsp3) is 0.375. The van der Waals surface area contributed by atoms with Crippen LogP contribution >= 0.6 is 0 Å². The average Bonchev–Trinajstić information content (AvgIpc) is 2.98. The van der Waals surface area contributed by atoms with Gasteiger partial charge in [0.05, 0.1) is 33.8 Å². The molecule has 0 spiro atoms. The molecule has 3 heterocycles. The Morgan fingerprint density at radius 3 is 1.92 bits per heavy atom. The predicted molar refractivity (Wildman–Crippen MR) is 153 cm³/mol. The van der Waals surface area contributed by atoms with Crippen LogP contribution in [0.5, 0.6) is 0 Å². The van der Waals surface area contributed by atoms with Crippen LogP contribution in [0, 0.1) is 42.4 Å². The van der Waals surface area contributed by atoms with Crippen LogP contribution in [0.25, 0.3) is 0 Å². The molecule has 3 aromatic rings. The van der Waals surface area contributed by atoms with Crippen LogP contribution in [0.3, 0.4) is 0 Å². The van der Waals surface area contributed by atoms with Gasteiger partial charge in [-0.1, -0.05) is 24.3 Å². The monoisotopic (exact) mass is 518 g/mol. The third-order valence-electron chi connectivity index (χ3n) is 8.16. The zero-order valence-electron chi connectivity index (χ0n) is 22.7. The minimum Gasteiger partial charge on any atom is -0.370 e. The maximum Gasteiger partial charge on any atom is 0.255 e. The highest BCUT2D eigenvalue weighted by atomic mass is 16.2. The molecule has 2 fully saturated rings. The number of pyridine rings is 1. The van der Waals surface area contributed by atoms with Crippen LogP contribution in [-0.4, -0.2) is 55.1 Å². The summed E-state index contributed by atoms with van der Waals surface area (Å²) in [5.41, 5.74) is 6.98. The van der Waals surface area contributed by atoms with Gasteiger partial charge in [0.15, 0.2) is 0 Å². The highest BCUT2D eigenvalue weighted by Crippen LogP contribution is 2.29. The van der Waals surface area contributed by atoms with E-state index >= 15 is 0 Å². The first-order chi connectivity index (χ1) is 19.0. The number of para-hydroxylation sites is 2. The zero-order chi connectivity index (χ0) is 27.4. The van der Waals surface area contributed by atoms with Crippen molar-refractivity contribution < 1.29 is 4.79 Å². The largest absolute Gasteiger partial charge is 0.370 e. The van der Waals surface area contributed by atoms with Crippen LogP contribution in [0.15, 0.2) is 54.6 Å². The molecule has 0 saturated carbocycles. The average molecular weight is 519 g/mol. The van der Waals surface area contributed by atoms with Crippen molar-refractivity contribution in [2.75, 3.05) is 49.1 Å². The van der Waals surface area contributed by atoms with Crippen molar-refractivity contribution in [3.63, 3.8) is 0 Å². The summed E-state index contributed by atoms with van der Waals surface area (Å²) in [6.07, 6.45) is 3.00. The summed E-state index contributed by atoms with van der Waals surface area (Å²) in [6, 6.07) is 22.1. The summed E-state index contributed by atoms with van der Waals surface area (Å²) in [5, 5.41) is 18.9. The molecule has 2 aliphatic rings. The van der Waals surface area contributed by atoms with E-state index in [9.17, 15) is 15.3 Å². The van der Waals surface area contributed by atoms with Crippen molar-refractivity contribution in [1.82, 2.24) is 9.88 Å². The Hall–Kier alpha value is -4.36. The molecule has 2 saturated heterocycles. The van der Waals surface area contributed by atoms with E-state index in [-0.39, 0.29) is 5.91 Å². The van der Waals surface area contributed by atoms with E-state index in [1.807, 2.05) is 67.3 Å². The third kappa shape index (κ3) is 5.59. The molecule has 1 amide bonds. The first kappa shape index (κ1) is 26.3. The van der Waals surface area contributed by atoms with Crippen molar-refractivity contribution in [3.05, 3.63) is 88.2 Å². The summed E-state index contributed by atoms with van der Waals surface area (Å²) in [5.74, 6) is 0.558. The van der Waals surface area contributed by atoms with Gasteiger partial charge < -0.3 is 14.7 Å². The number of amides is 1. The number of benzene rings is 2. The van der Waals surface area contributed by atoms with Crippen molar-refractivity contribution >= 4 is 17.3 Å². The lowest BCUT2D eigenvalue weighted by atomic mass is 9.88. The summed E-state index contributed by atoms with van der Waals surface area (Å²) < 4.78 is 0. The number of aromatic nitrogens is 1. The van der Waals surface area contributed by atoms with Crippen molar-refractivity contribution in [2.45, 2.75) is 33.1 Å². The second-order valence-electron chi connectivity index (χ2n) is 10.5. The molecule has 2 aliphatic heterocycles. The standard InChI is InChI=1S/C32H34N6O/c1-23-28(19-25-11-13-36(14-12-25)30-9-5-3-7-26(30)21-33)20-29(24(2)35-23)32(39)38-17-15-37(16-18-38)31-10-6-4-8-27(31)22-34/h3-10,20,25H,11-19H2,1-2H3. The molecular weight excluding hydrogens is 484 g/mol. The Bertz CT molecular complexity index is 1440. The molecular formula is C32H34N6O. The van der Waals surface area contributed by atoms with Crippen LogP contribution < -0.4 is 9.80 Å². The molecule has 0 atom stereocenters. The van der Waals surface area contributed by atoms with Crippen LogP contribution in [0.4, 0.5) is 11.4 Å². The van der Waals surface area contributed by atoms with Gasteiger partial charge in [0, 0.05) is 45.0 Å². The molecule has 0 bridgehead atoms. The number of carbonyl (C=O) groups is 1. The van der Waals surface area contributed by atoms with Crippen molar-refractivity contribution in [2.24, 2.45) is 5.92 Å². The number of carbonyl (C=O) groups excluding carboxylic acids is 1. The van der Waals surface area contributed by atoms with Gasteiger partial charge in [0.1, 0.15) is 12.1 Å². The summed E-state index contributed by atoms with van der Waals surface area (Å²) in [7, 11) is 0. The number of aryl methyl sites for hydroxylation is 2. The second-order valence-corrected chi connectivity index (χ2v) is 10.5. The van der Waals surface area contributed by atoms with E-state index in [1.165, 1.54) is 0 Å². The number of nitrogens with zero attached hydrogens (tertiary/aromatic N) is 6. The predicted octanol–water partition coefficient (Wildman–Crippen LogP) is 4.86. The van der Waals surface area contributed by atoms with Crippen LogP contribution in [-0.2, 0) is 6.42 Å². The molecule has 0 aliphatic carbocycles. The Kier molecular flexibility index (Phi) is 7.79. The molecule has 5 rings (SSSR count). The van der Waals surface area contributed by atoms with Gasteiger partial charge in [-0.25, -0.2) is 0 Å². The number of piperazine rings is 1. The van der Waals surface area contributed by atoms with E-state index in [0.717, 1.165) is 66.2 Å². The third-order valence-corrected chi connectivity index (χ3v) is 8.16. The first-order valence-electron chi connectivity index (χ1n) is 13.7. The van der Waals surface area contributed by atoms with Gasteiger partial charge in [-0.2, -0.15) is 10.5 Å². The van der Waals surface area contributed by atoms with Crippen LogP contribution in [0.2, 0.25) is 0 Å². The topological polar surface area (TPSA) is 87.3 Å². The smallest absolute Gasteiger partial charge is 0.255 e. The van der Waals surface area contributed by atoms with Gasteiger partial charge in [0.2, 0.25) is 0 Å². The van der Waals surface area contributed by atoms with E-state index in [2.05, 4.69) is 28.0 Å². The van der Waals surface area contributed by atoms with Crippen molar-refractivity contribution in [1.29, 1.82) is 10.5 Å².